The van der Waals surface area contributed by atoms with Crippen molar-refractivity contribution in [1.82, 2.24) is 0 Å². The molecule has 2 aliphatic heterocycles. The normalized spacial score (nSPS) is 25.3. The van der Waals surface area contributed by atoms with E-state index >= 15 is 4.39 Å². The average Bonchev–Trinajstić information content (AvgIpc) is 2.83. The van der Waals surface area contributed by atoms with Crippen molar-refractivity contribution in [1.29, 1.82) is 5.26 Å². The summed E-state index contributed by atoms with van der Waals surface area (Å²) in [5.74, 6) is -2.21. The number of fused-ring (bicyclic) bond motifs is 3. The number of sulfone groups is 1. The predicted octanol–water partition coefficient (Wildman–Crippen LogP) is 3.46. The molecule has 0 radical (unpaired) electrons. The number of nitriles is 1. The Hall–Kier alpha value is -2.19. The summed E-state index contributed by atoms with van der Waals surface area (Å²) in [6.45, 7) is 1.60. The smallest absolute Gasteiger partial charge is 0.189 e. The van der Waals surface area contributed by atoms with Crippen LogP contribution in [0.3, 0.4) is 0 Å². The van der Waals surface area contributed by atoms with Crippen LogP contribution in [0.4, 0.5) is 8.78 Å². The summed E-state index contributed by atoms with van der Waals surface area (Å²) in [4.78, 5) is -0.0965. The van der Waals surface area contributed by atoms with Crippen LogP contribution in [0, 0.1) is 28.9 Å². The molecule has 1 saturated heterocycles. The Bertz CT molecular complexity index is 1180. The first-order valence-corrected chi connectivity index (χ1v) is 13.6. The zero-order valence-corrected chi connectivity index (χ0v) is 19.6. The molecule has 2 heterocycles. The first kappa shape index (κ1) is 24.0. The molecule has 4 atom stereocenters. The van der Waals surface area contributed by atoms with Crippen LogP contribution in [-0.2, 0) is 30.5 Å². The lowest BCUT2D eigenvalue weighted by Crippen LogP contribution is -2.57. The summed E-state index contributed by atoms with van der Waals surface area (Å²) < 4.78 is 80.0. The van der Waals surface area contributed by atoms with Crippen LogP contribution in [0.15, 0.2) is 41.3 Å². The first-order valence-electron chi connectivity index (χ1n) is 10.6. The molecule has 6 nitrogen and oxygen atoms in total. The molecule has 2 aromatic rings. The Balaban J connectivity index is 1.91. The summed E-state index contributed by atoms with van der Waals surface area (Å²) in [5.41, 5.74) is -0.0486. The van der Waals surface area contributed by atoms with Gasteiger partial charge in [0.25, 0.3) is 0 Å². The fraction of sp³-hybridized carbons (Fsp3) is 0.435. The van der Waals surface area contributed by atoms with Gasteiger partial charge in [0.2, 0.25) is 0 Å². The van der Waals surface area contributed by atoms with E-state index in [0.29, 0.717) is 17.9 Å². The van der Waals surface area contributed by atoms with Gasteiger partial charge in [-0.05, 0) is 49.7 Å². The van der Waals surface area contributed by atoms with Crippen LogP contribution in [0.25, 0.3) is 0 Å². The van der Waals surface area contributed by atoms with Gasteiger partial charge < -0.3 is 14.0 Å². The van der Waals surface area contributed by atoms with Gasteiger partial charge in [0.15, 0.2) is 21.4 Å². The van der Waals surface area contributed by atoms with Crippen molar-refractivity contribution in [3.8, 4) is 11.8 Å². The Kier molecular flexibility index (Phi) is 6.69. The monoisotopic (exact) mass is 495 g/mol. The Morgan fingerprint density at radius 1 is 1.21 bits per heavy atom. The molecule has 1 fully saturated rings. The number of nitrogens with zero attached hydrogens (tertiary/aromatic N) is 1. The van der Waals surface area contributed by atoms with E-state index in [2.05, 4.69) is 0 Å². The molecule has 0 N–H and O–H groups in total. The van der Waals surface area contributed by atoms with Crippen LogP contribution in [0.1, 0.15) is 30.9 Å². The van der Waals surface area contributed by atoms with Crippen molar-refractivity contribution in [3.63, 3.8) is 0 Å². The van der Waals surface area contributed by atoms with E-state index in [1.165, 1.54) is 24.3 Å². The van der Waals surface area contributed by atoms with E-state index in [0.717, 1.165) is 12.1 Å². The topological polar surface area (TPSA) is 99.5 Å². The van der Waals surface area contributed by atoms with Crippen molar-refractivity contribution in [2.45, 2.75) is 35.5 Å². The lowest BCUT2D eigenvalue weighted by molar-refractivity contribution is -0.0732. The molecule has 2 aromatic carbocycles. The van der Waals surface area contributed by atoms with Gasteiger partial charge in [-0.2, -0.15) is 5.26 Å². The maximum absolute atomic E-state index is 15.3. The van der Waals surface area contributed by atoms with Gasteiger partial charge in [-0.15, -0.1) is 0 Å². The van der Waals surface area contributed by atoms with E-state index in [9.17, 15) is 17.4 Å². The molecule has 0 saturated carbocycles. The first-order chi connectivity index (χ1) is 15.8. The van der Waals surface area contributed by atoms with Gasteiger partial charge in [0.05, 0.1) is 34.8 Å². The Labute approximate surface area is 194 Å². The molecule has 4 rings (SSSR count). The fourth-order valence-electron chi connectivity index (χ4n) is 4.82. The minimum absolute atomic E-state index is 0.00479. The quantitative estimate of drug-likeness (QED) is 0.569. The molecule has 1 unspecified atom stereocenters. The summed E-state index contributed by atoms with van der Waals surface area (Å²) in [6, 6.07) is 9.13. The van der Waals surface area contributed by atoms with Gasteiger partial charge in [-0.25, -0.2) is 17.2 Å². The highest BCUT2D eigenvalue weighted by Crippen LogP contribution is 2.55. The maximum atomic E-state index is 15.3. The van der Waals surface area contributed by atoms with Crippen LogP contribution in [0.2, 0.25) is 0 Å². The predicted molar refractivity (Wildman–Crippen MR) is 118 cm³/mol. The lowest BCUT2D eigenvalue weighted by Gasteiger charge is -2.50. The zero-order valence-electron chi connectivity index (χ0n) is 17.9. The van der Waals surface area contributed by atoms with Crippen LogP contribution in [-0.4, -0.2) is 43.8 Å². The summed E-state index contributed by atoms with van der Waals surface area (Å²) >= 11 is -1.10. The minimum atomic E-state index is -4.29. The minimum Gasteiger partial charge on any atom is -0.616 e. The molecular formula is C23H23F2NO5S2. The van der Waals surface area contributed by atoms with Gasteiger partial charge in [0, 0.05) is 18.9 Å². The molecule has 10 heteroatoms. The Morgan fingerprint density at radius 2 is 1.91 bits per heavy atom. The molecule has 0 bridgehead atoms. The van der Waals surface area contributed by atoms with E-state index in [-0.39, 0.29) is 35.7 Å². The molecule has 0 amide bonds. The van der Waals surface area contributed by atoms with E-state index in [1.807, 2.05) is 6.07 Å². The van der Waals surface area contributed by atoms with E-state index < -0.39 is 55.2 Å². The summed E-state index contributed by atoms with van der Waals surface area (Å²) in [7, 11) is -4.29. The van der Waals surface area contributed by atoms with Crippen molar-refractivity contribution in [2.75, 3.05) is 24.7 Å². The highest BCUT2D eigenvalue weighted by atomic mass is 32.2. The number of hydrogen-bond donors (Lipinski definition) is 0. The standard InChI is InChI=1S/C23H23F2NO5S2/c1-2-32(27)12-9-20-17-14-31-22-19(25)8-7-18(24)21(22)23(17,10-11-30-20)33(28,29)16-5-3-15(13-26)4-6-16/h3-8,17,20H,2,9-12,14H2,1H3/t17-,20-,23-,32?/m0/s1. The molecule has 2 aliphatic rings. The van der Waals surface area contributed by atoms with Crippen LogP contribution < -0.4 is 4.74 Å². The second kappa shape index (κ2) is 9.22. The lowest BCUT2D eigenvalue weighted by atomic mass is 9.75. The third-order valence-electron chi connectivity index (χ3n) is 6.47. The molecule has 176 valence electrons. The van der Waals surface area contributed by atoms with Crippen LogP contribution in [0.5, 0.6) is 5.75 Å². The maximum Gasteiger partial charge on any atom is 0.189 e. The van der Waals surface area contributed by atoms with E-state index in [4.69, 9.17) is 14.7 Å². The number of halogens is 2. The highest BCUT2D eigenvalue weighted by molar-refractivity contribution is 7.92. The van der Waals surface area contributed by atoms with Gasteiger partial charge in [0.1, 0.15) is 22.1 Å². The molecule has 0 aromatic heterocycles. The van der Waals surface area contributed by atoms with Crippen molar-refractivity contribution in [2.24, 2.45) is 5.92 Å². The van der Waals surface area contributed by atoms with Crippen LogP contribution >= 0.6 is 0 Å². The van der Waals surface area contributed by atoms with Crippen molar-refractivity contribution < 1.29 is 31.2 Å². The van der Waals surface area contributed by atoms with Crippen molar-refractivity contribution in [3.05, 3.63) is 59.2 Å². The summed E-state index contributed by atoms with van der Waals surface area (Å²) in [5, 5.41) is 9.07. The summed E-state index contributed by atoms with van der Waals surface area (Å²) in [6.07, 6.45) is -0.464. The Morgan fingerprint density at radius 3 is 2.58 bits per heavy atom. The second-order valence-electron chi connectivity index (χ2n) is 8.06. The number of hydrogen-bond acceptors (Lipinski definition) is 6. The number of ether oxygens (including phenoxy) is 2. The largest absolute Gasteiger partial charge is 0.616 e. The average molecular weight is 496 g/mol. The van der Waals surface area contributed by atoms with Crippen molar-refractivity contribution >= 4 is 21.0 Å². The highest BCUT2D eigenvalue weighted by Gasteiger charge is 2.61. The number of benzene rings is 2. The third kappa shape index (κ3) is 3.91. The van der Waals surface area contributed by atoms with E-state index in [1.54, 1.807) is 6.92 Å². The zero-order chi connectivity index (χ0) is 23.8. The fourth-order valence-corrected chi connectivity index (χ4v) is 7.95. The second-order valence-corrected chi connectivity index (χ2v) is 12.1. The molecule has 0 aliphatic carbocycles. The van der Waals surface area contributed by atoms with Gasteiger partial charge in [-0.1, -0.05) is 11.2 Å². The SMILES string of the molecule is CC[S+]([O-])CC[C@@H]1OCC[C@@]2(S(=O)(=O)c3ccc(C#N)cc3)c3c(F)ccc(F)c3OC[C@@H]12. The third-order valence-corrected chi connectivity index (χ3v) is 10.4. The molecule has 0 spiro atoms. The van der Waals surface area contributed by atoms with Gasteiger partial charge in [-0.3, -0.25) is 0 Å². The molecule has 33 heavy (non-hydrogen) atoms. The molecular weight excluding hydrogens is 472 g/mol. The number of rotatable bonds is 6. The van der Waals surface area contributed by atoms with Gasteiger partial charge >= 0.3 is 0 Å².